The van der Waals surface area contributed by atoms with Gasteiger partial charge in [-0.3, -0.25) is 14.4 Å². The Bertz CT molecular complexity index is 1290. The fraction of sp³-hybridized carbons (Fsp3) is 0.267. The number of amides is 3. The number of benzene rings is 3. The second kappa shape index (κ2) is 13.6. The fourth-order valence-electron chi connectivity index (χ4n) is 3.88. The van der Waals surface area contributed by atoms with Crippen molar-refractivity contribution in [2.45, 2.75) is 25.8 Å². The normalized spacial score (nSPS) is 15.1. The largest absolute Gasteiger partial charge is 0.484 e. The van der Waals surface area contributed by atoms with E-state index in [0.717, 1.165) is 16.7 Å². The van der Waals surface area contributed by atoms with E-state index in [1.165, 1.54) is 6.21 Å². The van der Waals surface area contributed by atoms with Crippen LogP contribution in [0.25, 0.3) is 0 Å². The summed E-state index contributed by atoms with van der Waals surface area (Å²) < 4.78 is 5.49. The number of ether oxygens (including phenoxy) is 1. The molecule has 1 aliphatic heterocycles. The highest BCUT2D eigenvalue weighted by atomic mass is 32.2. The smallest absolute Gasteiger partial charge is 0.271 e. The summed E-state index contributed by atoms with van der Waals surface area (Å²) in [5.74, 6) is 1.00. The van der Waals surface area contributed by atoms with Crippen LogP contribution in [-0.2, 0) is 16.1 Å². The van der Waals surface area contributed by atoms with Crippen molar-refractivity contribution in [1.29, 1.82) is 0 Å². The van der Waals surface area contributed by atoms with Gasteiger partial charge < -0.3 is 15.0 Å². The molecule has 0 unspecified atom stereocenters. The van der Waals surface area contributed by atoms with E-state index in [1.54, 1.807) is 48.2 Å². The van der Waals surface area contributed by atoms with Gasteiger partial charge in [-0.25, -0.2) is 5.43 Å². The maximum absolute atomic E-state index is 12.6. The number of carbonyl (C=O) groups is 3. The molecular weight excluding hydrogens is 512 g/mol. The van der Waals surface area contributed by atoms with Crippen LogP contribution >= 0.6 is 11.8 Å². The Labute approximate surface area is 232 Å². The van der Waals surface area contributed by atoms with Crippen LogP contribution in [0.15, 0.2) is 84.0 Å². The molecule has 0 bridgehead atoms. The van der Waals surface area contributed by atoms with Crippen LogP contribution in [0.5, 0.6) is 5.75 Å². The number of carbonyl (C=O) groups excluding carboxylic acids is 3. The Morgan fingerprint density at radius 3 is 2.46 bits per heavy atom. The number of hydrogen-bond acceptors (Lipinski definition) is 6. The van der Waals surface area contributed by atoms with Crippen LogP contribution in [-0.4, -0.2) is 47.7 Å². The minimum atomic E-state index is -0.332. The van der Waals surface area contributed by atoms with Gasteiger partial charge in [0, 0.05) is 18.7 Å². The SMILES string of the molecule is CC(C)CNC(=O)COc1ccc(/C=N\NC(=O)c2ccc([C@@H]3SCC(=O)N3Cc3ccccc3)cc2)cc1. The van der Waals surface area contributed by atoms with Crippen molar-refractivity contribution in [3.63, 3.8) is 0 Å². The van der Waals surface area contributed by atoms with Crippen molar-refractivity contribution in [2.75, 3.05) is 18.9 Å². The van der Waals surface area contributed by atoms with Crippen molar-refractivity contribution in [3.8, 4) is 5.75 Å². The molecule has 1 atom stereocenters. The van der Waals surface area contributed by atoms with Crippen molar-refractivity contribution < 1.29 is 19.1 Å². The van der Waals surface area contributed by atoms with Crippen molar-refractivity contribution in [2.24, 2.45) is 11.0 Å². The van der Waals surface area contributed by atoms with Gasteiger partial charge in [0.1, 0.15) is 11.1 Å². The number of hydrazone groups is 1. The zero-order valence-corrected chi connectivity index (χ0v) is 22.8. The lowest BCUT2D eigenvalue weighted by atomic mass is 10.1. The first-order valence-electron chi connectivity index (χ1n) is 12.8. The van der Waals surface area contributed by atoms with E-state index in [2.05, 4.69) is 15.8 Å². The van der Waals surface area contributed by atoms with E-state index >= 15 is 0 Å². The number of thioether (sulfide) groups is 1. The van der Waals surface area contributed by atoms with Crippen LogP contribution < -0.4 is 15.5 Å². The summed E-state index contributed by atoms with van der Waals surface area (Å²) in [6.45, 7) is 5.17. The van der Waals surface area contributed by atoms with E-state index in [-0.39, 0.29) is 29.7 Å². The summed E-state index contributed by atoms with van der Waals surface area (Å²) in [5.41, 5.74) is 5.83. The Balaban J connectivity index is 1.27. The standard InChI is InChI=1S/C30H32N4O4S/c1-21(2)16-31-27(35)19-38-26-14-8-22(9-15-26)17-32-33-29(37)24-10-12-25(13-11-24)30-34(28(36)20-39-30)18-23-6-4-3-5-7-23/h3-15,17,21,30H,16,18-20H2,1-2H3,(H,31,35)(H,33,37)/b32-17-/t30-/m0/s1. The molecule has 202 valence electrons. The lowest BCUT2D eigenvalue weighted by Gasteiger charge is -2.24. The van der Waals surface area contributed by atoms with Crippen LogP contribution in [0, 0.1) is 5.92 Å². The first-order chi connectivity index (χ1) is 18.9. The first kappa shape index (κ1) is 27.9. The highest BCUT2D eigenvalue weighted by Crippen LogP contribution is 2.39. The van der Waals surface area contributed by atoms with Crippen molar-refractivity contribution in [3.05, 3.63) is 101 Å². The molecule has 8 nitrogen and oxygen atoms in total. The van der Waals surface area contributed by atoms with Crippen LogP contribution in [0.3, 0.4) is 0 Å². The Kier molecular flexibility index (Phi) is 9.74. The monoisotopic (exact) mass is 544 g/mol. The molecule has 4 rings (SSSR count). The number of nitrogens with one attached hydrogen (secondary N) is 2. The van der Waals surface area contributed by atoms with Gasteiger partial charge >= 0.3 is 0 Å². The summed E-state index contributed by atoms with van der Waals surface area (Å²) in [4.78, 5) is 38.7. The molecule has 39 heavy (non-hydrogen) atoms. The molecule has 2 N–H and O–H groups in total. The van der Waals surface area contributed by atoms with Crippen molar-refractivity contribution >= 4 is 35.7 Å². The van der Waals surface area contributed by atoms with Gasteiger partial charge in [0.2, 0.25) is 5.91 Å². The molecule has 1 fully saturated rings. The molecule has 0 aromatic heterocycles. The number of hydrogen-bond donors (Lipinski definition) is 2. The Hall–Kier alpha value is -4.11. The van der Waals surface area contributed by atoms with Gasteiger partial charge in [-0.1, -0.05) is 56.3 Å². The van der Waals surface area contributed by atoms with Crippen LogP contribution in [0.4, 0.5) is 0 Å². The summed E-state index contributed by atoms with van der Waals surface area (Å²) in [6.07, 6.45) is 1.54. The molecule has 0 aliphatic carbocycles. The molecule has 9 heteroatoms. The van der Waals surface area contributed by atoms with Gasteiger partial charge in [0.25, 0.3) is 11.8 Å². The molecular formula is C30H32N4O4S. The molecule has 1 heterocycles. The molecule has 1 aliphatic rings. The second-order valence-electron chi connectivity index (χ2n) is 9.55. The first-order valence-corrected chi connectivity index (χ1v) is 13.8. The highest BCUT2D eigenvalue weighted by Gasteiger charge is 2.32. The van der Waals surface area contributed by atoms with Crippen LogP contribution in [0.1, 0.15) is 46.3 Å². The van der Waals surface area contributed by atoms with E-state index in [4.69, 9.17) is 4.74 Å². The zero-order chi connectivity index (χ0) is 27.6. The second-order valence-corrected chi connectivity index (χ2v) is 10.6. The zero-order valence-electron chi connectivity index (χ0n) is 22.0. The topological polar surface area (TPSA) is 100 Å². The van der Waals surface area contributed by atoms with E-state index in [9.17, 15) is 14.4 Å². The lowest BCUT2D eigenvalue weighted by Crippen LogP contribution is -2.31. The summed E-state index contributed by atoms with van der Waals surface area (Å²) in [7, 11) is 0. The molecule has 1 saturated heterocycles. The molecule has 0 radical (unpaired) electrons. The fourth-order valence-corrected chi connectivity index (χ4v) is 5.07. The molecule has 0 spiro atoms. The minimum Gasteiger partial charge on any atom is -0.484 e. The molecule has 3 aromatic carbocycles. The van der Waals surface area contributed by atoms with Crippen LogP contribution in [0.2, 0.25) is 0 Å². The Morgan fingerprint density at radius 2 is 1.77 bits per heavy atom. The van der Waals surface area contributed by atoms with Gasteiger partial charge in [0.05, 0.1) is 12.0 Å². The predicted octanol–water partition coefficient (Wildman–Crippen LogP) is 4.38. The average Bonchev–Trinajstić information content (AvgIpc) is 3.31. The average molecular weight is 545 g/mol. The molecule has 3 amide bonds. The third kappa shape index (κ3) is 8.19. The summed E-state index contributed by atoms with van der Waals surface area (Å²) in [5, 5.41) is 6.76. The van der Waals surface area contributed by atoms with Gasteiger partial charge in [0.15, 0.2) is 6.61 Å². The van der Waals surface area contributed by atoms with Gasteiger partial charge in [-0.05, 0) is 59.0 Å². The van der Waals surface area contributed by atoms with Gasteiger partial charge in [-0.15, -0.1) is 11.8 Å². The maximum atomic E-state index is 12.6. The minimum absolute atomic E-state index is 0.0458. The van der Waals surface area contributed by atoms with E-state index in [0.29, 0.717) is 36.1 Å². The molecule has 0 saturated carbocycles. The van der Waals surface area contributed by atoms with E-state index < -0.39 is 0 Å². The maximum Gasteiger partial charge on any atom is 0.271 e. The predicted molar refractivity (Wildman–Crippen MR) is 153 cm³/mol. The third-order valence-electron chi connectivity index (χ3n) is 5.96. The quantitative estimate of drug-likeness (QED) is 0.276. The Morgan fingerprint density at radius 1 is 1.05 bits per heavy atom. The highest BCUT2D eigenvalue weighted by molar-refractivity contribution is 8.00. The van der Waals surface area contributed by atoms with E-state index in [1.807, 2.05) is 61.2 Å². The summed E-state index contributed by atoms with van der Waals surface area (Å²) in [6, 6.07) is 24.2. The summed E-state index contributed by atoms with van der Waals surface area (Å²) >= 11 is 1.59. The third-order valence-corrected chi connectivity index (χ3v) is 7.22. The van der Waals surface area contributed by atoms with Crippen molar-refractivity contribution in [1.82, 2.24) is 15.6 Å². The number of nitrogens with zero attached hydrogens (tertiary/aromatic N) is 2. The van der Waals surface area contributed by atoms with Gasteiger partial charge in [-0.2, -0.15) is 5.10 Å². The lowest BCUT2D eigenvalue weighted by molar-refractivity contribution is -0.128. The molecule has 3 aromatic rings. The number of rotatable bonds is 11.